The first-order chi connectivity index (χ1) is 9.36. The van der Waals surface area contributed by atoms with Crippen LogP contribution in [0.25, 0.3) is 17.3 Å². The van der Waals surface area contributed by atoms with E-state index < -0.39 is 0 Å². The van der Waals surface area contributed by atoms with Crippen molar-refractivity contribution in [3.63, 3.8) is 0 Å². The first-order valence-corrected chi connectivity index (χ1v) is 6.42. The van der Waals surface area contributed by atoms with Gasteiger partial charge in [0.15, 0.2) is 5.65 Å². The molecule has 3 rings (SSSR count). The average molecular weight is 249 g/mol. The maximum Gasteiger partial charge on any atom is 0.155 e. The van der Waals surface area contributed by atoms with Crippen LogP contribution in [0.15, 0.2) is 55.0 Å². The van der Waals surface area contributed by atoms with Crippen LogP contribution in [0.1, 0.15) is 24.5 Å². The van der Waals surface area contributed by atoms with E-state index in [0.29, 0.717) is 0 Å². The summed E-state index contributed by atoms with van der Waals surface area (Å²) in [6.07, 6.45) is 6.78. The fourth-order valence-electron chi connectivity index (χ4n) is 2.16. The number of pyridine rings is 1. The Bertz CT molecular complexity index is 711. The molecular weight excluding hydrogens is 234 g/mol. The van der Waals surface area contributed by atoms with Gasteiger partial charge in [0, 0.05) is 6.20 Å². The molecule has 0 N–H and O–H groups in total. The minimum Gasteiger partial charge on any atom is -0.221 e. The van der Waals surface area contributed by atoms with Crippen LogP contribution in [0, 0.1) is 0 Å². The summed E-state index contributed by atoms with van der Waals surface area (Å²) >= 11 is 0. The second kappa shape index (κ2) is 5.06. The van der Waals surface area contributed by atoms with Gasteiger partial charge in [-0.1, -0.05) is 37.3 Å². The summed E-state index contributed by atoms with van der Waals surface area (Å²) in [5.74, 6) is 0. The van der Waals surface area contributed by atoms with Gasteiger partial charge in [0.25, 0.3) is 0 Å². The highest BCUT2D eigenvalue weighted by atomic mass is 15.3. The topological polar surface area (TPSA) is 30.2 Å². The van der Waals surface area contributed by atoms with E-state index in [2.05, 4.69) is 53.4 Å². The minimum absolute atomic E-state index is 0.870. The standard InChI is InChI=1S/C16H15N3/c1-2-14(15-6-4-3-5-7-15)10-13-8-9-16-17-12-18-19(16)11-13/h3-12H,2H2,1H3/b14-10+. The molecule has 94 valence electrons. The van der Waals surface area contributed by atoms with Gasteiger partial charge in [-0.25, -0.2) is 9.50 Å². The van der Waals surface area contributed by atoms with Gasteiger partial charge in [-0.05, 0) is 41.3 Å². The lowest BCUT2D eigenvalue weighted by Gasteiger charge is -2.05. The van der Waals surface area contributed by atoms with E-state index in [4.69, 9.17) is 0 Å². The molecule has 0 aliphatic carbocycles. The van der Waals surface area contributed by atoms with Gasteiger partial charge in [0.05, 0.1) is 0 Å². The zero-order valence-electron chi connectivity index (χ0n) is 10.8. The van der Waals surface area contributed by atoms with E-state index in [1.54, 1.807) is 10.8 Å². The molecule has 0 atom stereocenters. The first-order valence-electron chi connectivity index (χ1n) is 6.42. The molecule has 3 aromatic rings. The lowest BCUT2D eigenvalue weighted by Crippen LogP contribution is -1.89. The molecule has 0 fully saturated rings. The van der Waals surface area contributed by atoms with Crippen LogP contribution < -0.4 is 0 Å². The Morgan fingerprint density at radius 1 is 1.16 bits per heavy atom. The summed E-state index contributed by atoms with van der Waals surface area (Å²) in [5, 5.41) is 4.16. The van der Waals surface area contributed by atoms with Gasteiger partial charge in [-0.2, -0.15) is 5.10 Å². The predicted molar refractivity (Wildman–Crippen MR) is 77.6 cm³/mol. The van der Waals surface area contributed by atoms with E-state index >= 15 is 0 Å². The SMILES string of the molecule is CC/C(=C\c1ccc2ncnn2c1)c1ccccc1. The quantitative estimate of drug-likeness (QED) is 0.708. The summed E-state index contributed by atoms with van der Waals surface area (Å²) in [4.78, 5) is 4.15. The van der Waals surface area contributed by atoms with E-state index in [1.807, 2.05) is 18.3 Å². The molecule has 0 unspecified atom stereocenters. The molecule has 2 heterocycles. The van der Waals surface area contributed by atoms with Gasteiger partial charge >= 0.3 is 0 Å². The Hall–Kier alpha value is -2.42. The highest BCUT2D eigenvalue weighted by Gasteiger charge is 2.00. The average Bonchev–Trinajstić information content (AvgIpc) is 2.93. The fourth-order valence-corrected chi connectivity index (χ4v) is 2.16. The van der Waals surface area contributed by atoms with Crippen molar-refractivity contribution in [2.75, 3.05) is 0 Å². The Kier molecular flexibility index (Phi) is 3.11. The maximum atomic E-state index is 4.16. The van der Waals surface area contributed by atoms with Crippen molar-refractivity contribution in [2.45, 2.75) is 13.3 Å². The van der Waals surface area contributed by atoms with Crippen molar-refractivity contribution in [3.05, 3.63) is 66.1 Å². The van der Waals surface area contributed by atoms with Crippen LogP contribution in [-0.2, 0) is 0 Å². The van der Waals surface area contributed by atoms with Crippen molar-refractivity contribution in [3.8, 4) is 0 Å². The smallest absolute Gasteiger partial charge is 0.155 e. The van der Waals surface area contributed by atoms with Gasteiger partial charge in [0.1, 0.15) is 6.33 Å². The van der Waals surface area contributed by atoms with Gasteiger partial charge < -0.3 is 0 Å². The predicted octanol–water partition coefficient (Wildman–Crippen LogP) is 3.68. The van der Waals surface area contributed by atoms with Crippen LogP contribution in [0.3, 0.4) is 0 Å². The molecule has 0 radical (unpaired) electrons. The monoisotopic (exact) mass is 249 g/mol. The van der Waals surface area contributed by atoms with Crippen LogP contribution >= 0.6 is 0 Å². The Labute approximate surface area is 112 Å². The molecule has 0 amide bonds. The summed E-state index contributed by atoms with van der Waals surface area (Å²) in [7, 11) is 0. The molecule has 19 heavy (non-hydrogen) atoms. The van der Waals surface area contributed by atoms with Gasteiger partial charge in [-0.3, -0.25) is 0 Å². The highest BCUT2D eigenvalue weighted by molar-refractivity contribution is 5.81. The van der Waals surface area contributed by atoms with Crippen molar-refractivity contribution in [1.82, 2.24) is 14.6 Å². The molecule has 3 nitrogen and oxygen atoms in total. The lowest BCUT2D eigenvalue weighted by molar-refractivity contribution is 0.959. The largest absolute Gasteiger partial charge is 0.221 e. The maximum absolute atomic E-state index is 4.16. The number of hydrogen-bond donors (Lipinski definition) is 0. The molecule has 2 aromatic heterocycles. The number of nitrogens with zero attached hydrogens (tertiary/aromatic N) is 3. The van der Waals surface area contributed by atoms with Crippen molar-refractivity contribution < 1.29 is 0 Å². The summed E-state index contributed by atoms with van der Waals surface area (Å²) in [6.45, 7) is 2.17. The molecule has 0 saturated heterocycles. The second-order valence-electron chi connectivity index (χ2n) is 4.41. The zero-order chi connectivity index (χ0) is 13.1. The van der Waals surface area contributed by atoms with Crippen LogP contribution in [0.5, 0.6) is 0 Å². The summed E-state index contributed by atoms with van der Waals surface area (Å²) in [5.41, 5.74) is 4.59. The van der Waals surface area contributed by atoms with Crippen LogP contribution in [-0.4, -0.2) is 14.6 Å². The lowest BCUT2D eigenvalue weighted by atomic mass is 10.0. The minimum atomic E-state index is 0.870. The van der Waals surface area contributed by atoms with Gasteiger partial charge in [0.2, 0.25) is 0 Å². The molecule has 1 aromatic carbocycles. The molecular formula is C16H15N3. The third-order valence-corrected chi connectivity index (χ3v) is 3.16. The highest BCUT2D eigenvalue weighted by Crippen LogP contribution is 2.21. The Balaban J connectivity index is 2.02. The van der Waals surface area contributed by atoms with Gasteiger partial charge in [-0.15, -0.1) is 0 Å². The van der Waals surface area contributed by atoms with Crippen LogP contribution in [0.4, 0.5) is 0 Å². The summed E-state index contributed by atoms with van der Waals surface area (Å²) in [6, 6.07) is 14.5. The third kappa shape index (κ3) is 2.40. The number of aromatic nitrogens is 3. The summed E-state index contributed by atoms with van der Waals surface area (Å²) < 4.78 is 1.80. The number of benzene rings is 1. The fraction of sp³-hybridized carbons (Fsp3) is 0.125. The van der Waals surface area contributed by atoms with Crippen LogP contribution in [0.2, 0.25) is 0 Å². The third-order valence-electron chi connectivity index (χ3n) is 3.16. The Morgan fingerprint density at radius 2 is 2.00 bits per heavy atom. The molecule has 3 heteroatoms. The van der Waals surface area contributed by atoms with Crippen molar-refractivity contribution in [2.24, 2.45) is 0 Å². The number of hydrogen-bond acceptors (Lipinski definition) is 2. The number of fused-ring (bicyclic) bond motifs is 1. The van der Waals surface area contributed by atoms with E-state index in [-0.39, 0.29) is 0 Å². The molecule has 0 saturated carbocycles. The molecule has 0 aliphatic rings. The zero-order valence-corrected chi connectivity index (χ0v) is 10.8. The van der Waals surface area contributed by atoms with Crippen molar-refractivity contribution >= 4 is 17.3 Å². The number of rotatable bonds is 3. The second-order valence-corrected chi connectivity index (χ2v) is 4.41. The molecule has 0 aliphatic heterocycles. The van der Waals surface area contributed by atoms with E-state index in [1.165, 1.54) is 11.1 Å². The number of allylic oxidation sites excluding steroid dienone is 1. The first kappa shape index (κ1) is 11.7. The molecule has 0 spiro atoms. The molecule has 0 bridgehead atoms. The van der Waals surface area contributed by atoms with E-state index in [0.717, 1.165) is 17.6 Å². The van der Waals surface area contributed by atoms with E-state index in [9.17, 15) is 0 Å². The Morgan fingerprint density at radius 3 is 2.79 bits per heavy atom. The van der Waals surface area contributed by atoms with Crippen molar-refractivity contribution in [1.29, 1.82) is 0 Å². The normalized spacial score (nSPS) is 11.9.